The topological polar surface area (TPSA) is 71.3 Å². The number of nitrogens with zero attached hydrogens (tertiary/aromatic N) is 3. The first-order valence-electron chi connectivity index (χ1n) is 11.1. The number of aromatic nitrogens is 2. The molecule has 34 heavy (non-hydrogen) atoms. The summed E-state index contributed by atoms with van der Waals surface area (Å²) >= 11 is 17.3. The molecule has 3 aromatic rings. The third-order valence-electron chi connectivity index (χ3n) is 5.62. The number of amides is 1. The van der Waals surface area contributed by atoms with E-state index in [1.165, 1.54) is 0 Å². The number of hydrogen-bond acceptors (Lipinski definition) is 6. The van der Waals surface area contributed by atoms with Crippen LogP contribution in [0.2, 0.25) is 10.0 Å². The predicted octanol–water partition coefficient (Wildman–Crippen LogP) is 6.07. The molecule has 0 aliphatic carbocycles. The Labute approximate surface area is 221 Å². The van der Waals surface area contributed by atoms with Crippen LogP contribution in [0.15, 0.2) is 51.5 Å². The van der Waals surface area contributed by atoms with E-state index in [-0.39, 0.29) is 11.8 Å². The van der Waals surface area contributed by atoms with Gasteiger partial charge in [0.2, 0.25) is 17.6 Å². The zero-order chi connectivity index (χ0) is 23.9. The quantitative estimate of drug-likeness (QED) is 0.308. The van der Waals surface area contributed by atoms with Crippen LogP contribution in [0.4, 0.5) is 0 Å². The highest BCUT2D eigenvalue weighted by atomic mass is 79.9. The van der Waals surface area contributed by atoms with E-state index in [0.29, 0.717) is 41.4 Å². The standard InChI is InChI=1S/C24H25BrCl2N4O2S/c25-19-6-3-16(4-7-19)23-29-22(33-30-23)14-31-10-1-2-17(13-31)24(32)28-9-11-34-15-18-5-8-20(26)12-21(18)27/h3-8,12,17H,1-2,9-11,13-15H2,(H,28,32). The highest BCUT2D eigenvalue weighted by Gasteiger charge is 2.26. The Hall–Kier alpha value is -1.58. The molecule has 1 N–H and O–H groups in total. The summed E-state index contributed by atoms with van der Waals surface area (Å²) in [5.74, 6) is 2.83. The van der Waals surface area contributed by atoms with Gasteiger partial charge in [-0.15, -0.1) is 0 Å². The second-order valence-electron chi connectivity index (χ2n) is 8.17. The fraction of sp³-hybridized carbons (Fsp3) is 0.375. The van der Waals surface area contributed by atoms with Gasteiger partial charge < -0.3 is 9.84 Å². The molecule has 4 rings (SSSR count). The fourth-order valence-corrected chi connectivity index (χ4v) is 5.53. The van der Waals surface area contributed by atoms with E-state index in [0.717, 1.165) is 46.5 Å². The van der Waals surface area contributed by atoms with E-state index in [2.05, 4.69) is 36.3 Å². The van der Waals surface area contributed by atoms with Gasteiger partial charge in [0.05, 0.1) is 12.5 Å². The first kappa shape index (κ1) is 25.5. The van der Waals surface area contributed by atoms with Gasteiger partial charge in [-0.1, -0.05) is 50.4 Å². The molecule has 1 saturated heterocycles. The highest BCUT2D eigenvalue weighted by molar-refractivity contribution is 9.10. The number of halogens is 3. The van der Waals surface area contributed by atoms with Crippen LogP contribution < -0.4 is 5.32 Å². The van der Waals surface area contributed by atoms with Crippen LogP contribution in [0.25, 0.3) is 11.4 Å². The average molecular weight is 584 g/mol. The Morgan fingerprint density at radius 1 is 1.24 bits per heavy atom. The maximum Gasteiger partial charge on any atom is 0.241 e. The molecule has 1 aliphatic heterocycles. The van der Waals surface area contributed by atoms with Crippen molar-refractivity contribution in [3.63, 3.8) is 0 Å². The SMILES string of the molecule is O=C(NCCSCc1ccc(Cl)cc1Cl)C1CCCN(Cc2nc(-c3ccc(Br)cc3)no2)C1. The van der Waals surface area contributed by atoms with Crippen molar-refractivity contribution in [3.05, 3.63) is 68.4 Å². The maximum absolute atomic E-state index is 12.7. The summed E-state index contributed by atoms with van der Waals surface area (Å²) in [6.07, 6.45) is 1.86. The molecule has 0 spiro atoms. The normalized spacial score (nSPS) is 16.5. The molecule has 0 radical (unpaired) electrons. The summed E-state index contributed by atoms with van der Waals surface area (Å²) in [6, 6.07) is 13.3. The summed E-state index contributed by atoms with van der Waals surface area (Å²) in [5, 5.41) is 8.50. The van der Waals surface area contributed by atoms with Crippen molar-refractivity contribution < 1.29 is 9.32 Å². The molecule has 0 saturated carbocycles. The zero-order valence-electron chi connectivity index (χ0n) is 18.5. The minimum absolute atomic E-state index is 0.0293. The van der Waals surface area contributed by atoms with Gasteiger partial charge >= 0.3 is 0 Å². The Bertz CT molecular complexity index is 1110. The Morgan fingerprint density at radius 2 is 2.06 bits per heavy atom. The predicted molar refractivity (Wildman–Crippen MR) is 141 cm³/mol. The first-order valence-corrected chi connectivity index (χ1v) is 13.8. The molecule has 1 aromatic heterocycles. The summed E-state index contributed by atoms with van der Waals surface area (Å²) in [6.45, 7) is 2.78. The number of thioether (sulfide) groups is 1. The number of piperidine rings is 1. The largest absolute Gasteiger partial charge is 0.355 e. The minimum atomic E-state index is -0.0293. The van der Waals surface area contributed by atoms with Crippen LogP contribution in [0.1, 0.15) is 24.3 Å². The van der Waals surface area contributed by atoms with Crippen molar-refractivity contribution in [1.29, 1.82) is 0 Å². The number of hydrogen-bond donors (Lipinski definition) is 1. The second-order valence-corrected chi connectivity index (χ2v) is 11.0. The number of carbonyl (C=O) groups excluding carboxylic acids is 1. The number of nitrogens with one attached hydrogen (secondary N) is 1. The Kier molecular flexibility index (Phi) is 9.31. The lowest BCUT2D eigenvalue weighted by Crippen LogP contribution is -2.43. The minimum Gasteiger partial charge on any atom is -0.355 e. The molecule has 1 unspecified atom stereocenters. The van der Waals surface area contributed by atoms with Gasteiger partial charge in [0.15, 0.2) is 0 Å². The van der Waals surface area contributed by atoms with E-state index < -0.39 is 0 Å². The van der Waals surface area contributed by atoms with Gasteiger partial charge in [-0.3, -0.25) is 9.69 Å². The summed E-state index contributed by atoms with van der Waals surface area (Å²) in [5.41, 5.74) is 1.96. The van der Waals surface area contributed by atoms with Gasteiger partial charge in [-0.2, -0.15) is 16.7 Å². The first-order chi connectivity index (χ1) is 16.5. The van der Waals surface area contributed by atoms with Gasteiger partial charge in [0, 0.05) is 44.7 Å². The van der Waals surface area contributed by atoms with E-state index in [9.17, 15) is 4.79 Å². The molecule has 180 valence electrons. The number of likely N-dealkylation sites (tertiary alicyclic amines) is 1. The molecule has 1 atom stereocenters. The van der Waals surface area contributed by atoms with E-state index >= 15 is 0 Å². The van der Waals surface area contributed by atoms with Crippen LogP contribution in [-0.2, 0) is 17.1 Å². The highest BCUT2D eigenvalue weighted by Crippen LogP contribution is 2.25. The van der Waals surface area contributed by atoms with Gasteiger partial charge in [0.1, 0.15) is 0 Å². The van der Waals surface area contributed by atoms with Crippen molar-refractivity contribution in [2.24, 2.45) is 5.92 Å². The molecule has 2 aromatic carbocycles. The van der Waals surface area contributed by atoms with Crippen LogP contribution >= 0.6 is 50.9 Å². The number of rotatable bonds is 9. The molecule has 1 aliphatic rings. The number of carbonyl (C=O) groups is 1. The second kappa shape index (κ2) is 12.4. The van der Waals surface area contributed by atoms with Crippen molar-refractivity contribution >= 4 is 56.8 Å². The van der Waals surface area contributed by atoms with Crippen molar-refractivity contribution in [2.45, 2.75) is 25.1 Å². The lowest BCUT2D eigenvalue weighted by atomic mass is 9.97. The summed E-state index contributed by atoms with van der Waals surface area (Å²) in [4.78, 5) is 19.4. The van der Waals surface area contributed by atoms with Crippen LogP contribution in [-0.4, -0.2) is 46.3 Å². The fourth-order valence-electron chi connectivity index (χ4n) is 3.85. The van der Waals surface area contributed by atoms with Crippen LogP contribution in [0.3, 0.4) is 0 Å². The third kappa shape index (κ3) is 7.21. The number of benzene rings is 2. The molecular formula is C24H25BrCl2N4O2S. The van der Waals surface area contributed by atoms with Crippen molar-refractivity contribution in [1.82, 2.24) is 20.4 Å². The molecule has 10 heteroatoms. The molecule has 2 heterocycles. The van der Waals surface area contributed by atoms with E-state index in [1.807, 2.05) is 36.4 Å². The summed E-state index contributed by atoms with van der Waals surface area (Å²) in [7, 11) is 0. The van der Waals surface area contributed by atoms with Gasteiger partial charge in [0.25, 0.3) is 0 Å². The zero-order valence-corrected chi connectivity index (χ0v) is 22.4. The van der Waals surface area contributed by atoms with Gasteiger partial charge in [-0.05, 0) is 61.3 Å². The summed E-state index contributed by atoms with van der Waals surface area (Å²) < 4.78 is 6.46. The molecule has 1 amide bonds. The van der Waals surface area contributed by atoms with Crippen LogP contribution in [0.5, 0.6) is 0 Å². The van der Waals surface area contributed by atoms with E-state index in [4.69, 9.17) is 27.7 Å². The lowest BCUT2D eigenvalue weighted by molar-refractivity contribution is -0.126. The molecule has 0 bridgehead atoms. The molecule has 6 nitrogen and oxygen atoms in total. The Morgan fingerprint density at radius 3 is 2.85 bits per heavy atom. The average Bonchev–Trinajstić information content (AvgIpc) is 3.29. The molecular weight excluding hydrogens is 559 g/mol. The smallest absolute Gasteiger partial charge is 0.241 e. The Balaban J connectivity index is 1.19. The lowest BCUT2D eigenvalue weighted by Gasteiger charge is -2.30. The van der Waals surface area contributed by atoms with Crippen molar-refractivity contribution in [2.75, 3.05) is 25.4 Å². The van der Waals surface area contributed by atoms with Crippen LogP contribution in [0, 0.1) is 5.92 Å². The van der Waals surface area contributed by atoms with E-state index in [1.54, 1.807) is 17.8 Å². The third-order valence-corrected chi connectivity index (χ3v) is 7.75. The molecule has 1 fully saturated rings. The van der Waals surface area contributed by atoms with Gasteiger partial charge in [-0.25, -0.2) is 0 Å². The van der Waals surface area contributed by atoms with Crippen molar-refractivity contribution in [3.8, 4) is 11.4 Å². The maximum atomic E-state index is 12.7. The monoisotopic (exact) mass is 582 g/mol.